The van der Waals surface area contributed by atoms with Crippen LogP contribution in [0.3, 0.4) is 0 Å². The number of fused-ring (bicyclic) bond motifs is 1. The minimum atomic E-state index is -0.226. The summed E-state index contributed by atoms with van der Waals surface area (Å²) in [5.41, 5.74) is 9.10. The molecule has 1 unspecified atom stereocenters. The summed E-state index contributed by atoms with van der Waals surface area (Å²) < 4.78 is 0. The maximum atomic E-state index is 5.61. The molecule has 0 bridgehead atoms. The van der Waals surface area contributed by atoms with Crippen LogP contribution in [0.4, 0.5) is 5.69 Å². The number of para-hydroxylation sites is 1. The van der Waals surface area contributed by atoms with Crippen LogP contribution in [0.5, 0.6) is 0 Å². The molecule has 0 aliphatic heterocycles. The van der Waals surface area contributed by atoms with Crippen LogP contribution in [-0.4, -0.2) is 4.98 Å². The number of benzene rings is 4. The van der Waals surface area contributed by atoms with Gasteiger partial charge in [-0.05, 0) is 41.1 Å². The molecule has 0 saturated heterocycles. The first-order valence-corrected chi connectivity index (χ1v) is 14.1. The van der Waals surface area contributed by atoms with E-state index in [9.17, 15) is 0 Å². The van der Waals surface area contributed by atoms with Crippen molar-refractivity contribution in [3.8, 4) is 11.3 Å². The summed E-state index contributed by atoms with van der Waals surface area (Å²) in [5, 5.41) is 7.96. The van der Waals surface area contributed by atoms with E-state index in [-0.39, 0.29) is 46.7 Å². The van der Waals surface area contributed by atoms with Crippen molar-refractivity contribution in [3.63, 3.8) is 0 Å². The van der Waals surface area contributed by atoms with Crippen molar-refractivity contribution < 1.29 is 25.8 Å². The topological polar surface area (TPSA) is 27.0 Å². The van der Waals surface area contributed by atoms with Crippen LogP contribution in [0.25, 0.3) is 27.3 Å². The molecule has 4 aromatic carbocycles. The number of pyridine rings is 1. The summed E-state index contributed by atoms with van der Waals surface area (Å²) in [6.07, 6.45) is 0. The fraction of sp³-hybridized carbons (Fsp3) is 0.256. The molecule has 1 atom stereocenters. The third-order valence-corrected chi connectivity index (χ3v) is 7.54. The minimum absolute atomic E-state index is 0. The Hall–Kier alpha value is -3.04. The van der Waals surface area contributed by atoms with Crippen molar-refractivity contribution in [2.45, 2.75) is 65.3 Å². The van der Waals surface area contributed by atoms with Crippen LogP contribution in [0, 0.1) is 20.9 Å². The SMILES string of the molecule is CC(C)c1ccccc1C([N-]c1c(C(C)C)cccc1C(C)C)c1cccc(-c2[c-]ccc3ccccc23)n1.[CH3-].[CH3-].[Hf]. The third kappa shape index (κ3) is 7.29. The van der Waals surface area contributed by atoms with Crippen LogP contribution in [0.2, 0.25) is 0 Å². The van der Waals surface area contributed by atoms with Gasteiger partial charge in [-0.25, -0.2) is 0 Å². The molecule has 0 aliphatic carbocycles. The van der Waals surface area contributed by atoms with E-state index in [0.29, 0.717) is 17.8 Å². The average Bonchev–Trinajstić information content (AvgIpc) is 2.95. The second-order valence-corrected chi connectivity index (χ2v) is 11.3. The molecule has 0 fully saturated rings. The van der Waals surface area contributed by atoms with Crippen molar-refractivity contribution in [1.82, 2.24) is 4.98 Å². The first-order chi connectivity index (χ1) is 18.8. The van der Waals surface area contributed by atoms with Crippen LogP contribution < -0.4 is 0 Å². The van der Waals surface area contributed by atoms with E-state index < -0.39 is 0 Å². The zero-order valence-electron chi connectivity index (χ0n) is 26.4. The molecule has 5 aromatic rings. The third-order valence-electron chi connectivity index (χ3n) is 7.54. The van der Waals surface area contributed by atoms with Crippen molar-refractivity contribution in [3.05, 3.63) is 151 Å². The summed E-state index contributed by atoms with van der Waals surface area (Å²) in [6, 6.07) is 37.5. The molecule has 0 aliphatic rings. The fourth-order valence-electron chi connectivity index (χ4n) is 5.49. The predicted octanol–water partition coefficient (Wildman–Crippen LogP) is 11.8. The van der Waals surface area contributed by atoms with Crippen molar-refractivity contribution in [2.75, 3.05) is 0 Å². The second-order valence-electron chi connectivity index (χ2n) is 11.3. The molecule has 0 spiro atoms. The molecule has 0 amide bonds. The zero-order chi connectivity index (χ0) is 27.5. The van der Waals surface area contributed by atoms with Crippen molar-refractivity contribution in [1.29, 1.82) is 0 Å². The number of aromatic nitrogens is 1. The molecule has 0 N–H and O–H groups in total. The Morgan fingerprint density at radius 2 is 1.14 bits per heavy atom. The van der Waals surface area contributed by atoms with E-state index >= 15 is 0 Å². The Balaban J connectivity index is 0.00000205. The van der Waals surface area contributed by atoms with Gasteiger partial charge in [-0.15, -0.1) is 34.8 Å². The average molecular weight is 719 g/mol. The maximum Gasteiger partial charge on any atom is 0.0195 e. The molecule has 42 heavy (non-hydrogen) atoms. The van der Waals surface area contributed by atoms with Gasteiger partial charge in [0, 0.05) is 31.5 Å². The quantitative estimate of drug-likeness (QED) is 0.116. The van der Waals surface area contributed by atoms with E-state index in [1.54, 1.807) is 0 Å². The zero-order valence-corrected chi connectivity index (χ0v) is 30.0. The molecule has 0 radical (unpaired) electrons. The van der Waals surface area contributed by atoms with Gasteiger partial charge < -0.3 is 25.2 Å². The standard InChI is InChI=1S/C37H38N2.2CH3.Hf/c1-24(2)28-16-9-10-18-33(28)37(39-36-29(25(3)4)19-12-20-30(36)26(5)6)35-23-13-22-34(38-35)32-21-11-15-27-14-7-8-17-31(27)32;;;/h7-20,22-26,37H,1-6H3;2*1H3;/q-2;2*-1;. The largest absolute Gasteiger partial charge is 0.673 e. The van der Waals surface area contributed by atoms with Gasteiger partial charge in [0.15, 0.2) is 0 Å². The molecule has 5 rings (SSSR count). The van der Waals surface area contributed by atoms with Gasteiger partial charge in [-0.1, -0.05) is 142 Å². The molecule has 218 valence electrons. The van der Waals surface area contributed by atoms with Gasteiger partial charge >= 0.3 is 0 Å². The Morgan fingerprint density at radius 1 is 0.595 bits per heavy atom. The number of rotatable bonds is 8. The van der Waals surface area contributed by atoms with E-state index in [0.717, 1.165) is 28.0 Å². The van der Waals surface area contributed by atoms with Crippen molar-refractivity contribution >= 4 is 16.5 Å². The second kappa shape index (κ2) is 15.4. The van der Waals surface area contributed by atoms with Gasteiger partial charge in [-0.3, -0.25) is 0 Å². The molecule has 0 saturated carbocycles. The summed E-state index contributed by atoms with van der Waals surface area (Å²) in [4.78, 5) is 5.29. The molecular formula is C39H44HfN2-4. The van der Waals surface area contributed by atoms with Crippen LogP contribution in [0.1, 0.15) is 93.3 Å². The summed E-state index contributed by atoms with van der Waals surface area (Å²) in [6.45, 7) is 13.5. The normalized spacial score (nSPS) is 11.5. The van der Waals surface area contributed by atoms with E-state index in [2.05, 4.69) is 139 Å². The Kier molecular flexibility index (Phi) is 12.9. The maximum absolute atomic E-state index is 5.61. The number of nitrogens with zero attached hydrogens (tertiary/aromatic N) is 2. The predicted molar refractivity (Wildman–Crippen MR) is 179 cm³/mol. The van der Waals surface area contributed by atoms with Gasteiger partial charge in [0.05, 0.1) is 0 Å². The van der Waals surface area contributed by atoms with Crippen molar-refractivity contribution in [2.24, 2.45) is 0 Å². The molecular weight excluding hydrogens is 675 g/mol. The fourth-order valence-corrected chi connectivity index (χ4v) is 5.49. The molecule has 1 aromatic heterocycles. The Morgan fingerprint density at radius 3 is 1.79 bits per heavy atom. The summed E-state index contributed by atoms with van der Waals surface area (Å²) in [5.74, 6) is 1.11. The molecule has 3 heteroatoms. The smallest absolute Gasteiger partial charge is 0.0195 e. The van der Waals surface area contributed by atoms with E-state index in [4.69, 9.17) is 10.3 Å². The summed E-state index contributed by atoms with van der Waals surface area (Å²) >= 11 is 0. The summed E-state index contributed by atoms with van der Waals surface area (Å²) in [7, 11) is 0. The van der Waals surface area contributed by atoms with Gasteiger partial charge in [0.25, 0.3) is 0 Å². The van der Waals surface area contributed by atoms with Crippen LogP contribution >= 0.6 is 0 Å². The number of hydrogen-bond acceptors (Lipinski definition) is 1. The van der Waals surface area contributed by atoms with Crippen LogP contribution in [0.15, 0.2) is 97.1 Å². The van der Waals surface area contributed by atoms with E-state index in [1.807, 2.05) is 6.07 Å². The van der Waals surface area contributed by atoms with Gasteiger partial charge in [0.1, 0.15) is 0 Å². The first kappa shape index (κ1) is 35.2. The van der Waals surface area contributed by atoms with E-state index in [1.165, 1.54) is 27.6 Å². The Bertz CT molecular complexity index is 1550. The molecule has 2 nitrogen and oxygen atoms in total. The Labute approximate surface area is 273 Å². The van der Waals surface area contributed by atoms with Gasteiger partial charge in [-0.2, -0.15) is 0 Å². The number of hydrogen-bond donors (Lipinski definition) is 0. The van der Waals surface area contributed by atoms with Gasteiger partial charge in [0.2, 0.25) is 0 Å². The first-order valence-electron chi connectivity index (χ1n) is 14.1. The van der Waals surface area contributed by atoms with Crippen LogP contribution in [-0.2, 0) is 25.8 Å². The molecule has 1 heterocycles. The monoisotopic (exact) mass is 720 g/mol. The minimum Gasteiger partial charge on any atom is -0.673 e.